The molecule has 4 rings (SSSR count). The molecule has 0 bridgehead atoms. The van der Waals surface area contributed by atoms with E-state index in [-0.39, 0.29) is 23.2 Å². The van der Waals surface area contributed by atoms with Crippen molar-refractivity contribution in [2.75, 3.05) is 6.61 Å². The van der Waals surface area contributed by atoms with Gasteiger partial charge in [-0.1, -0.05) is 0 Å². The molecule has 4 atom stereocenters. The van der Waals surface area contributed by atoms with E-state index in [2.05, 4.69) is 65.8 Å². The van der Waals surface area contributed by atoms with Gasteiger partial charge >= 0.3 is 238 Å². The van der Waals surface area contributed by atoms with Crippen LogP contribution in [-0.4, -0.2) is 53.3 Å². The van der Waals surface area contributed by atoms with Crippen LogP contribution in [0.4, 0.5) is 4.79 Å². The van der Waals surface area contributed by atoms with Crippen molar-refractivity contribution in [1.82, 2.24) is 4.90 Å². The van der Waals surface area contributed by atoms with Gasteiger partial charge in [-0.2, -0.15) is 0 Å². The zero-order valence-corrected chi connectivity index (χ0v) is 28.6. The minimum absolute atomic E-state index is 0.0157. The van der Waals surface area contributed by atoms with Gasteiger partial charge in [0.05, 0.1) is 0 Å². The molecule has 1 heterocycles. The molecule has 0 spiro atoms. The molecule has 4 nitrogen and oxygen atoms in total. The SMILES string of the molecule is CCC[CH2][Sn]([CH2]CCC)([CH2]CCC)[C@H]1c2ccccc2[C@]2(C)CC[C@@H](OC(=O)N3C(C)(C)COC3(C)C)[C@H]12. The van der Waals surface area contributed by atoms with Crippen molar-refractivity contribution in [3.05, 3.63) is 35.4 Å². The van der Waals surface area contributed by atoms with Gasteiger partial charge in [-0.05, 0) is 0 Å². The fourth-order valence-electron chi connectivity index (χ4n) is 8.71. The predicted molar refractivity (Wildman–Crippen MR) is 160 cm³/mol. The van der Waals surface area contributed by atoms with Crippen molar-refractivity contribution in [3.8, 4) is 0 Å². The Morgan fingerprint density at radius 1 is 0.974 bits per heavy atom. The Morgan fingerprint density at radius 3 is 2.08 bits per heavy atom. The topological polar surface area (TPSA) is 38.8 Å². The molecular weight excluding hydrogens is 577 g/mol. The molecule has 1 aromatic rings. The van der Waals surface area contributed by atoms with E-state index in [4.69, 9.17) is 9.47 Å². The predicted octanol–water partition coefficient (Wildman–Crippen LogP) is 9.19. The molecule has 0 unspecified atom stereocenters. The molecule has 1 aromatic carbocycles. The Labute approximate surface area is 237 Å². The van der Waals surface area contributed by atoms with Gasteiger partial charge < -0.3 is 0 Å². The number of carbonyl (C=O) groups excluding carboxylic acids is 1. The van der Waals surface area contributed by atoms with Crippen molar-refractivity contribution in [3.63, 3.8) is 0 Å². The summed E-state index contributed by atoms with van der Waals surface area (Å²) in [6, 6.07) is 9.42. The van der Waals surface area contributed by atoms with E-state index >= 15 is 0 Å². The molecule has 1 aliphatic heterocycles. The number of fused-ring (bicyclic) bond motifs is 3. The Kier molecular flexibility index (Phi) is 9.24. The van der Waals surface area contributed by atoms with Crippen molar-refractivity contribution >= 4 is 24.5 Å². The van der Waals surface area contributed by atoms with Crippen LogP contribution in [0.2, 0.25) is 13.3 Å². The summed E-state index contributed by atoms with van der Waals surface area (Å²) in [6.45, 7) is 18.3. The molecule has 0 radical (unpaired) electrons. The maximum absolute atomic E-state index is 13.9. The molecule has 3 aliphatic rings. The summed E-state index contributed by atoms with van der Waals surface area (Å²) in [4.78, 5) is 15.8. The molecule has 2 aliphatic carbocycles. The van der Waals surface area contributed by atoms with Crippen LogP contribution in [0, 0.1) is 5.92 Å². The van der Waals surface area contributed by atoms with Gasteiger partial charge in [-0.3, -0.25) is 0 Å². The van der Waals surface area contributed by atoms with E-state index in [1.54, 1.807) is 11.1 Å². The third kappa shape index (κ3) is 5.31. The number of amides is 1. The van der Waals surface area contributed by atoms with Crippen LogP contribution in [0.25, 0.3) is 0 Å². The third-order valence-corrected chi connectivity index (χ3v) is 27.7. The summed E-state index contributed by atoms with van der Waals surface area (Å²) in [7, 11) is 0. The summed E-state index contributed by atoms with van der Waals surface area (Å²) >= 11 is -2.73. The second kappa shape index (κ2) is 11.6. The molecular formula is C33H55NO3Sn. The quantitative estimate of drug-likeness (QED) is 0.229. The van der Waals surface area contributed by atoms with Gasteiger partial charge in [0.2, 0.25) is 0 Å². The molecule has 1 saturated carbocycles. The van der Waals surface area contributed by atoms with Crippen LogP contribution in [0.15, 0.2) is 24.3 Å². The molecule has 214 valence electrons. The summed E-state index contributed by atoms with van der Waals surface area (Å²) in [6.07, 6.45) is 9.83. The normalized spacial score (nSPS) is 29.4. The molecule has 5 heteroatoms. The second-order valence-electron chi connectivity index (χ2n) is 14.0. The number of benzene rings is 1. The Morgan fingerprint density at radius 2 is 1.55 bits per heavy atom. The number of rotatable bonds is 11. The van der Waals surface area contributed by atoms with Gasteiger partial charge in [-0.25, -0.2) is 0 Å². The van der Waals surface area contributed by atoms with E-state index in [1.807, 2.05) is 18.7 Å². The van der Waals surface area contributed by atoms with Crippen LogP contribution < -0.4 is 0 Å². The van der Waals surface area contributed by atoms with Crippen molar-refractivity contribution in [1.29, 1.82) is 0 Å². The van der Waals surface area contributed by atoms with Crippen molar-refractivity contribution in [2.24, 2.45) is 5.92 Å². The van der Waals surface area contributed by atoms with Crippen LogP contribution >= 0.6 is 0 Å². The monoisotopic (exact) mass is 633 g/mol. The number of unbranched alkanes of at least 4 members (excludes halogenated alkanes) is 3. The molecule has 1 amide bonds. The fourth-order valence-corrected chi connectivity index (χ4v) is 29.0. The first-order valence-electron chi connectivity index (χ1n) is 15.7. The van der Waals surface area contributed by atoms with E-state index in [9.17, 15) is 4.79 Å². The zero-order valence-electron chi connectivity index (χ0n) is 25.7. The number of carbonyl (C=O) groups is 1. The van der Waals surface area contributed by atoms with Gasteiger partial charge in [-0.15, -0.1) is 0 Å². The van der Waals surface area contributed by atoms with E-state index in [0.717, 1.165) is 12.8 Å². The van der Waals surface area contributed by atoms with Crippen molar-refractivity contribution in [2.45, 2.75) is 147 Å². The van der Waals surface area contributed by atoms with Crippen LogP contribution in [-0.2, 0) is 14.9 Å². The van der Waals surface area contributed by atoms with E-state index in [1.165, 1.54) is 51.8 Å². The minimum atomic E-state index is -2.73. The number of nitrogens with zero attached hydrogens (tertiary/aromatic N) is 1. The van der Waals surface area contributed by atoms with Crippen molar-refractivity contribution < 1.29 is 14.3 Å². The zero-order chi connectivity index (χ0) is 27.8. The first kappa shape index (κ1) is 30.2. The summed E-state index contributed by atoms with van der Waals surface area (Å²) in [5.74, 6) is 0.417. The van der Waals surface area contributed by atoms with Gasteiger partial charge in [0.25, 0.3) is 0 Å². The molecule has 2 fully saturated rings. The van der Waals surface area contributed by atoms with Crippen LogP contribution in [0.3, 0.4) is 0 Å². The first-order chi connectivity index (χ1) is 18.0. The summed E-state index contributed by atoms with van der Waals surface area (Å²) in [5.41, 5.74) is 2.31. The fraction of sp³-hybridized carbons (Fsp3) is 0.788. The van der Waals surface area contributed by atoms with Gasteiger partial charge in [0, 0.05) is 0 Å². The van der Waals surface area contributed by atoms with E-state index in [0.29, 0.717) is 16.5 Å². The van der Waals surface area contributed by atoms with Gasteiger partial charge in [0.1, 0.15) is 0 Å². The third-order valence-electron chi connectivity index (χ3n) is 10.5. The average molecular weight is 633 g/mol. The number of ether oxygens (including phenoxy) is 2. The first-order valence-corrected chi connectivity index (χ1v) is 23.4. The maximum atomic E-state index is 13.9. The Balaban J connectivity index is 1.76. The van der Waals surface area contributed by atoms with E-state index < -0.39 is 24.1 Å². The number of hydrogen-bond donors (Lipinski definition) is 0. The second-order valence-corrected chi connectivity index (χ2v) is 27.9. The summed E-state index contributed by atoms with van der Waals surface area (Å²) in [5, 5.41) is 0. The molecule has 38 heavy (non-hydrogen) atoms. The molecule has 0 N–H and O–H groups in total. The van der Waals surface area contributed by atoms with Crippen LogP contribution in [0.5, 0.6) is 0 Å². The van der Waals surface area contributed by atoms with Gasteiger partial charge in [0.15, 0.2) is 0 Å². The number of hydrogen-bond acceptors (Lipinski definition) is 3. The standard InChI is InChI=1S/C21H28NO3.3C4H9.Sn/c1-19(2)13-24-20(3,4)22(19)18(23)25-17-10-11-21(5)15-9-7-6-8-14(15)12-16(17)21;3*1-3-4-2;/h6-9,12,16-17H,10-11,13H2,1-5H3;3*1,3-4H2,2H3;/t16-,17+,21-;;;;/m0..../s1. The molecule has 1 saturated heterocycles. The summed E-state index contributed by atoms with van der Waals surface area (Å²) < 4.78 is 17.8. The average Bonchev–Trinajstić information content (AvgIpc) is 3.42. The molecule has 0 aromatic heterocycles. The Bertz CT molecular complexity index is 937. The van der Waals surface area contributed by atoms with Crippen LogP contribution in [0.1, 0.15) is 122 Å². The Hall–Kier alpha value is -0.751.